The third-order valence-corrected chi connectivity index (χ3v) is 9.42. The van der Waals surface area contributed by atoms with Gasteiger partial charge in [-0.25, -0.2) is 0 Å². The molecule has 7 N–H and O–H groups in total. The summed E-state index contributed by atoms with van der Waals surface area (Å²) in [5.74, 6) is -8.31. The summed E-state index contributed by atoms with van der Waals surface area (Å²) in [4.78, 5) is 41.9. The van der Waals surface area contributed by atoms with Crippen molar-refractivity contribution in [3.8, 4) is 11.5 Å². The molecular weight excluding hydrogens is 552 g/mol. The van der Waals surface area contributed by atoms with E-state index in [2.05, 4.69) is 0 Å². The number of nitrogens with zero attached hydrogens (tertiary/aromatic N) is 1. The largest absolute Gasteiger partial charge is 0.508 e. The Bertz CT molecular complexity index is 1520. The van der Waals surface area contributed by atoms with Crippen LogP contribution < -0.4 is 10.5 Å². The van der Waals surface area contributed by atoms with Gasteiger partial charge in [-0.1, -0.05) is 12.1 Å². The second-order valence-electron chi connectivity index (χ2n) is 10.6. The van der Waals surface area contributed by atoms with Crippen molar-refractivity contribution in [1.82, 2.24) is 4.90 Å². The quantitative estimate of drug-likeness (QED) is 0.212. The smallest absolute Gasteiger partial charge is 0.255 e. The molecule has 3 unspecified atom stereocenters. The number of aliphatic hydroxyl groups excluding tert-OH is 3. The molecule has 1 amide bonds. The number of fused-ring (bicyclic) bond motifs is 3. The van der Waals surface area contributed by atoms with E-state index >= 15 is 0 Å². The van der Waals surface area contributed by atoms with E-state index in [1.165, 1.54) is 36.8 Å². The molecule has 3 aliphatic rings. The number of thioether (sulfide) groups is 1. The molecule has 0 heterocycles. The van der Waals surface area contributed by atoms with Gasteiger partial charge in [0.1, 0.15) is 28.6 Å². The van der Waals surface area contributed by atoms with Gasteiger partial charge in [0.2, 0.25) is 5.78 Å². The maximum atomic E-state index is 14.2. The number of primary amides is 1. The van der Waals surface area contributed by atoms with E-state index in [0.717, 1.165) is 4.90 Å². The normalized spacial score (nSPS) is 29.3. The number of aliphatic hydroxyl groups is 4. The van der Waals surface area contributed by atoms with Crippen LogP contribution >= 0.6 is 11.8 Å². The van der Waals surface area contributed by atoms with Crippen molar-refractivity contribution >= 4 is 35.0 Å². The van der Waals surface area contributed by atoms with Crippen LogP contribution in [0.1, 0.15) is 17.0 Å². The van der Waals surface area contributed by atoms with Crippen LogP contribution in [-0.4, -0.2) is 92.6 Å². The number of Topliss-reactive ketones (excluding diaryl/α,β-unsaturated/α-hetero) is 2. The molecule has 0 spiro atoms. The Balaban J connectivity index is 1.71. The van der Waals surface area contributed by atoms with Crippen LogP contribution in [0.5, 0.6) is 11.5 Å². The number of hydrogen-bond acceptors (Lipinski definition) is 11. The highest BCUT2D eigenvalue weighted by atomic mass is 32.2. The zero-order chi connectivity index (χ0) is 30.0. The first-order valence-corrected chi connectivity index (χ1v) is 13.8. The van der Waals surface area contributed by atoms with Crippen molar-refractivity contribution < 1.29 is 44.7 Å². The first-order valence-electron chi connectivity index (χ1n) is 12.8. The maximum absolute atomic E-state index is 14.2. The van der Waals surface area contributed by atoms with E-state index in [4.69, 9.17) is 10.5 Å². The molecule has 0 aliphatic heterocycles. The SMILES string of the molecule is COc1ccc(SC[C@H]2c3cccc(O)c3C(O)=C3C(=O)[C@]4(O)C(O)=C(C(N)=O)C(=O)[C@@H](N(C)C)C4C(O)C32)cc1. The number of phenolic OH excluding ortho intramolecular Hbond substituents is 1. The van der Waals surface area contributed by atoms with E-state index in [-0.39, 0.29) is 17.1 Å². The third-order valence-electron chi connectivity index (χ3n) is 8.29. The average molecular weight is 583 g/mol. The Kier molecular flexibility index (Phi) is 7.14. The Morgan fingerprint density at radius 2 is 1.76 bits per heavy atom. The summed E-state index contributed by atoms with van der Waals surface area (Å²) >= 11 is 1.39. The molecule has 3 aliphatic carbocycles. The highest BCUT2D eigenvalue weighted by molar-refractivity contribution is 7.99. The number of amides is 1. The molecule has 1 saturated carbocycles. The molecule has 0 saturated heterocycles. The molecule has 0 bridgehead atoms. The number of benzene rings is 2. The van der Waals surface area contributed by atoms with Crippen molar-refractivity contribution in [2.45, 2.75) is 28.6 Å². The van der Waals surface area contributed by atoms with Gasteiger partial charge in [-0.2, -0.15) is 0 Å². The Labute approximate surface area is 239 Å². The molecule has 2 aromatic carbocycles. The van der Waals surface area contributed by atoms with Crippen LogP contribution in [0.2, 0.25) is 0 Å². The number of hydrogen-bond donors (Lipinski definition) is 6. The van der Waals surface area contributed by atoms with Gasteiger partial charge in [0.25, 0.3) is 5.91 Å². The van der Waals surface area contributed by atoms with Gasteiger partial charge in [0.15, 0.2) is 11.4 Å². The predicted octanol–water partition coefficient (Wildman–Crippen LogP) is 1.28. The third kappa shape index (κ3) is 4.12. The van der Waals surface area contributed by atoms with Crippen LogP contribution in [0.4, 0.5) is 0 Å². The van der Waals surface area contributed by atoms with Crippen LogP contribution in [-0.2, 0) is 14.4 Å². The van der Waals surface area contributed by atoms with Crippen molar-refractivity contribution in [3.05, 3.63) is 70.5 Å². The summed E-state index contributed by atoms with van der Waals surface area (Å²) < 4.78 is 5.21. The number of nitrogens with two attached hydrogens (primary N) is 1. The molecule has 0 radical (unpaired) electrons. The molecule has 5 rings (SSSR count). The van der Waals surface area contributed by atoms with E-state index in [0.29, 0.717) is 11.3 Å². The number of likely N-dealkylation sites (N-methyl/N-ethyl adjacent to an activating group) is 1. The molecule has 12 heteroatoms. The van der Waals surface area contributed by atoms with Gasteiger partial charge in [-0.15, -0.1) is 11.8 Å². The van der Waals surface area contributed by atoms with Gasteiger partial charge in [-0.05, 0) is 50.0 Å². The Hall–Kier alpha value is -3.84. The lowest BCUT2D eigenvalue weighted by Crippen LogP contribution is -2.70. The number of phenols is 1. The number of rotatable bonds is 6. The summed E-state index contributed by atoms with van der Waals surface area (Å²) in [5, 5.41) is 56.9. The lowest BCUT2D eigenvalue weighted by atomic mass is 9.54. The second-order valence-corrected chi connectivity index (χ2v) is 11.7. The lowest BCUT2D eigenvalue weighted by Gasteiger charge is -2.54. The zero-order valence-electron chi connectivity index (χ0n) is 22.4. The number of ketones is 2. The van der Waals surface area contributed by atoms with Crippen molar-refractivity contribution in [2.75, 3.05) is 27.0 Å². The van der Waals surface area contributed by atoms with Gasteiger partial charge in [-0.3, -0.25) is 19.3 Å². The minimum atomic E-state index is -2.96. The van der Waals surface area contributed by atoms with Gasteiger partial charge in [0.05, 0.1) is 30.7 Å². The Morgan fingerprint density at radius 1 is 1.10 bits per heavy atom. The number of carbonyl (C=O) groups excluding carboxylic acids is 3. The average Bonchev–Trinajstić information content (AvgIpc) is 2.92. The standard InChI is InChI=1S/C29H30N2O9S/c1-31(2)22-21-24(34)18-15(11-41-13-9-7-12(40-3)8-10-13)14-5-4-6-16(32)17(14)23(33)19(18)26(36)29(21,39)27(37)20(25(22)35)28(30)38/h4-10,15,18,21-22,24,32-34,37,39H,11H2,1-3H3,(H2,30,38)/t15-,18?,21?,22-,24?,29-/m0/s1. The predicted molar refractivity (Wildman–Crippen MR) is 148 cm³/mol. The molecule has 216 valence electrons. The molecule has 11 nitrogen and oxygen atoms in total. The minimum absolute atomic E-state index is 0.0451. The zero-order valence-corrected chi connectivity index (χ0v) is 23.3. The fourth-order valence-electron chi connectivity index (χ4n) is 6.45. The molecule has 41 heavy (non-hydrogen) atoms. The second kappa shape index (κ2) is 10.2. The minimum Gasteiger partial charge on any atom is -0.508 e. The number of ether oxygens (including phenoxy) is 1. The monoisotopic (exact) mass is 582 g/mol. The summed E-state index contributed by atoms with van der Waals surface area (Å²) in [6, 6.07) is 10.4. The van der Waals surface area contributed by atoms with Crippen molar-refractivity contribution in [3.63, 3.8) is 0 Å². The maximum Gasteiger partial charge on any atom is 0.255 e. The fraction of sp³-hybridized carbons (Fsp3) is 0.345. The highest BCUT2D eigenvalue weighted by Crippen LogP contribution is 2.56. The van der Waals surface area contributed by atoms with Crippen molar-refractivity contribution in [1.29, 1.82) is 0 Å². The molecule has 1 fully saturated rings. The summed E-state index contributed by atoms with van der Waals surface area (Å²) in [6.45, 7) is 0. The van der Waals surface area contributed by atoms with Crippen LogP contribution in [0.25, 0.3) is 5.76 Å². The number of methoxy groups -OCH3 is 1. The van der Waals surface area contributed by atoms with Crippen LogP contribution in [0.15, 0.2) is 64.3 Å². The topological polar surface area (TPSA) is 191 Å². The van der Waals surface area contributed by atoms with Crippen LogP contribution in [0, 0.1) is 11.8 Å². The molecule has 6 atom stereocenters. The lowest BCUT2D eigenvalue weighted by molar-refractivity contribution is -0.169. The number of carbonyl (C=O) groups is 3. The summed E-state index contributed by atoms with van der Waals surface area (Å²) in [6.07, 6.45) is -1.67. The fourth-order valence-corrected chi connectivity index (χ4v) is 7.54. The van der Waals surface area contributed by atoms with Crippen molar-refractivity contribution in [2.24, 2.45) is 17.6 Å². The van der Waals surface area contributed by atoms with E-state index in [1.807, 2.05) is 12.1 Å². The molecular formula is C29H30N2O9S. The first kappa shape index (κ1) is 28.7. The van der Waals surface area contributed by atoms with Crippen LogP contribution in [0.3, 0.4) is 0 Å². The van der Waals surface area contributed by atoms with E-state index < -0.39 is 75.6 Å². The highest BCUT2D eigenvalue weighted by Gasteiger charge is 2.68. The van der Waals surface area contributed by atoms with Gasteiger partial charge >= 0.3 is 0 Å². The summed E-state index contributed by atoms with van der Waals surface area (Å²) in [7, 11) is 4.48. The molecule has 0 aromatic heterocycles. The van der Waals surface area contributed by atoms with E-state index in [1.54, 1.807) is 31.4 Å². The number of aromatic hydroxyl groups is 1. The molecule has 2 aromatic rings. The van der Waals surface area contributed by atoms with Gasteiger partial charge < -0.3 is 36.0 Å². The first-order chi connectivity index (χ1) is 19.4. The Morgan fingerprint density at radius 3 is 2.34 bits per heavy atom. The summed E-state index contributed by atoms with van der Waals surface area (Å²) in [5.41, 5.74) is 1.44. The van der Waals surface area contributed by atoms with Gasteiger partial charge in [0, 0.05) is 28.1 Å². The van der Waals surface area contributed by atoms with E-state index in [9.17, 15) is 39.9 Å².